The van der Waals surface area contributed by atoms with E-state index in [1.54, 1.807) is 29.0 Å². The van der Waals surface area contributed by atoms with Gasteiger partial charge in [-0.1, -0.05) is 12.1 Å². The number of hydrogen-bond acceptors (Lipinski definition) is 5. The van der Waals surface area contributed by atoms with Gasteiger partial charge < -0.3 is 4.90 Å². The van der Waals surface area contributed by atoms with Crippen molar-refractivity contribution in [1.29, 1.82) is 0 Å². The molecule has 1 fully saturated rings. The first-order valence-electron chi connectivity index (χ1n) is 9.57. The van der Waals surface area contributed by atoms with Crippen molar-refractivity contribution in [2.45, 2.75) is 19.4 Å². The number of carbonyl (C=O) groups excluding carboxylic acids is 1. The van der Waals surface area contributed by atoms with Crippen molar-refractivity contribution in [3.05, 3.63) is 62.8 Å². The highest BCUT2D eigenvalue weighted by molar-refractivity contribution is 7.07. The molecule has 1 aromatic carbocycles. The Labute approximate surface area is 168 Å². The minimum absolute atomic E-state index is 0.0601. The molecule has 0 bridgehead atoms. The maximum absolute atomic E-state index is 12.6. The first kappa shape index (κ1) is 18.8. The number of fused-ring (bicyclic) bond motifs is 1. The third-order valence-corrected chi connectivity index (χ3v) is 6.08. The maximum atomic E-state index is 12.6. The van der Waals surface area contributed by atoms with E-state index >= 15 is 0 Å². The molecule has 0 atom stereocenters. The van der Waals surface area contributed by atoms with Crippen LogP contribution in [0, 0.1) is 0 Å². The van der Waals surface area contributed by atoms with E-state index in [1.807, 2.05) is 23.1 Å². The molecule has 2 aromatic heterocycles. The standard InChI is InChI=1S/C21H24N4O2S/c1-23-19(22-18-5-3-2-4-17(18)21(23)27)6-7-20(26)25-11-9-24(10-12-25)14-16-8-13-28-15-16/h2-5,8,13,15H,6-7,9-12,14H2,1H3. The Hall–Kier alpha value is -2.51. The van der Waals surface area contributed by atoms with Gasteiger partial charge in [-0.25, -0.2) is 4.98 Å². The number of rotatable bonds is 5. The van der Waals surface area contributed by atoms with Crippen molar-refractivity contribution >= 4 is 28.1 Å². The molecule has 0 unspecified atom stereocenters. The SMILES string of the molecule is Cn1c(CCC(=O)N2CCN(Cc3ccsc3)CC2)nc2ccccc2c1=O. The predicted molar refractivity (Wildman–Crippen MR) is 111 cm³/mol. The van der Waals surface area contributed by atoms with Gasteiger partial charge in [0.25, 0.3) is 5.56 Å². The van der Waals surface area contributed by atoms with Crippen molar-refractivity contribution in [3.63, 3.8) is 0 Å². The highest BCUT2D eigenvalue weighted by Crippen LogP contribution is 2.13. The molecular formula is C21H24N4O2S. The van der Waals surface area contributed by atoms with Gasteiger partial charge in [-0.05, 0) is 34.5 Å². The second kappa shape index (κ2) is 8.24. The average Bonchev–Trinajstić information content (AvgIpc) is 3.23. The first-order chi connectivity index (χ1) is 13.6. The van der Waals surface area contributed by atoms with Gasteiger partial charge in [0.1, 0.15) is 5.82 Å². The van der Waals surface area contributed by atoms with Gasteiger partial charge in [0.15, 0.2) is 0 Å². The number of benzene rings is 1. The molecule has 1 amide bonds. The summed E-state index contributed by atoms with van der Waals surface area (Å²) in [6, 6.07) is 9.50. The number of amides is 1. The van der Waals surface area contributed by atoms with Crippen molar-refractivity contribution in [2.24, 2.45) is 7.05 Å². The number of aromatic nitrogens is 2. The summed E-state index contributed by atoms with van der Waals surface area (Å²) >= 11 is 1.72. The van der Waals surface area contributed by atoms with Crippen LogP contribution in [0.15, 0.2) is 45.9 Å². The van der Waals surface area contributed by atoms with Crippen LogP contribution in [0.25, 0.3) is 10.9 Å². The summed E-state index contributed by atoms with van der Waals surface area (Å²) in [7, 11) is 1.73. The van der Waals surface area contributed by atoms with Crippen LogP contribution in [-0.2, 0) is 24.8 Å². The van der Waals surface area contributed by atoms with Gasteiger partial charge >= 0.3 is 0 Å². The number of carbonyl (C=O) groups is 1. The number of aryl methyl sites for hydroxylation is 1. The molecule has 0 spiro atoms. The fraction of sp³-hybridized carbons (Fsp3) is 0.381. The van der Waals surface area contributed by atoms with Crippen LogP contribution in [-0.4, -0.2) is 51.4 Å². The fourth-order valence-corrected chi connectivity index (χ4v) is 4.32. The molecule has 0 saturated carbocycles. The van der Waals surface area contributed by atoms with Gasteiger partial charge in [0.05, 0.1) is 10.9 Å². The van der Waals surface area contributed by atoms with Crippen molar-refractivity contribution < 1.29 is 4.79 Å². The molecule has 28 heavy (non-hydrogen) atoms. The third kappa shape index (κ3) is 4.00. The Morgan fingerprint density at radius 1 is 1.14 bits per heavy atom. The lowest BCUT2D eigenvalue weighted by atomic mass is 10.2. The largest absolute Gasteiger partial charge is 0.340 e. The van der Waals surface area contributed by atoms with Crippen molar-refractivity contribution in [2.75, 3.05) is 26.2 Å². The highest BCUT2D eigenvalue weighted by atomic mass is 32.1. The number of para-hydroxylation sites is 1. The zero-order chi connectivity index (χ0) is 19.5. The average molecular weight is 397 g/mol. The second-order valence-corrected chi connectivity index (χ2v) is 7.98. The minimum atomic E-state index is -0.0601. The Kier molecular flexibility index (Phi) is 5.54. The van der Waals surface area contributed by atoms with Crippen molar-refractivity contribution in [1.82, 2.24) is 19.4 Å². The van der Waals surface area contributed by atoms with Gasteiger partial charge in [-0.2, -0.15) is 11.3 Å². The van der Waals surface area contributed by atoms with Crippen LogP contribution in [0.2, 0.25) is 0 Å². The van der Waals surface area contributed by atoms with Crippen LogP contribution < -0.4 is 5.56 Å². The van der Waals surface area contributed by atoms with Crippen LogP contribution >= 0.6 is 11.3 Å². The van der Waals surface area contributed by atoms with Gasteiger partial charge in [0, 0.05) is 52.6 Å². The molecule has 0 aliphatic carbocycles. The summed E-state index contributed by atoms with van der Waals surface area (Å²) in [6.45, 7) is 4.26. The van der Waals surface area contributed by atoms with Crippen LogP contribution in [0.4, 0.5) is 0 Å². The molecule has 146 valence electrons. The second-order valence-electron chi connectivity index (χ2n) is 7.20. The highest BCUT2D eigenvalue weighted by Gasteiger charge is 2.21. The Morgan fingerprint density at radius 3 is 2.68 bits per heavy atom. The normalized spacial score (nSPS) is 15.2. The lowest BCUT2D eigenvalue weighted by molar-refractivity contribution is -0.133. The molecule has 0 N–H and O–H groups in total. The van der Waals surface area contributed by atoms with E-state index in [0.29, 0.717) is 29.6 Å². The molecule has 3 aromatic rings. The lowest BCUT2D eigenvalue weighted by Gasteiger charge is -2.34. The Balaban J connectivity index is 1.34. The molecular weight excluding hydrogens is 372 g/mol. The predicted octanol–water partition coefficient (Wildman–Crippen LogP) is 2.27. The smallest absolute Gasteiger partial charge is 0.261 e. The number of thiophene rings is 1. The molecule has 4 rings (SSSR count). The number of hydrogen-bond donors (Lipinski definition) is 0. The monoisotopic (exact) mass is 396 g/mol. The van der Waals surface area contributed by atoms with Crippen LogP contribution in [0.1, 0.15) is 17.8 Å². The molecule has 1 saturated heterocycles. The molecule has 1 aliphatic rings. The summed E-state index contributed by atoms with van der Waals surface area (Å²) in [4.78, 5) is 34.0. The molecule has 3 heterocycles. The zero-order valence-corrected chi connectivity index (χ0v) is 16.8. The zero-order valence-electron chi connectivity index (χ0n) is 16.0. The summed E-state index contributed by atoms with van der Waals surface area (Å²) in [5.74, 6) is 0.797. The lowest BCUT2D eigenvalue weighted by Crippen LogP contribution is -2.48. The van der Waals surface area contributed by atoms with Crippen LogP contribution in [0.5, 0.6) is 0 Å². The van der Waals surface area contributed by atoms with E-state index in [0.717, 1.165) is 32.7 Å². The van der Waals surface area contributed by atoms with Crippen molar-refractivity contribution in [3.8, 4) is 0 Å². The Bertz CT molecular complexity index is 1020. The van der Waals surface area contributed by atoms with E-state index in [1.165, 1.54) is 5.56 Å². The summed E-state index contributed by atoms with van der Waals surface area (Å²) in [6.07, 6.45) is 0.855. The Morgan fingerprint density at radius 2 is 1.93 bits per heavy atom. The molecule has 6 nitrogen and oxygen atoms in total. The van der Waals surface area contributed by atoms with E-state index < -0.39 is 0 Å². The molecule has 0 radical (unpaired) electrons. The topological polar surface area (TPSA) is 58.4 Å². The van der Waals surface area contributed by atoms with Crippen LogP contribution in [0.3, 0.4) is 0 Å². The minimum Gasteiger partial charge on any atom is -0.340 e. The summed E-state index contributed by atoms with van der Waals surface area (Å²) in [5, 5.41) is 4.89. The van der Waals surface area contributed by atoms with E-state index in [2.05, 4.69) is 26.7 Å². The number of piperazine rings is 1. The van der Waals surface area contributed by atoms with E-state index in [9.17, 15) is 9.59 Å². The van der Waals surface area contributed by atoms with Gasteiger partial charge in [-0.3, -0.25) is 19.1 Å². The van der Waals surface area contributed by atoms with E-state index in [4.69, 9.17) is 0 Å². The van der Waals surface area contributed by atoms with Gasteiger partial charge in [0.2, 0.25) is 5.91 Å². The summed E-state index contributed by atoms with van der Waals surface area (Å²) in [5.41, 5.74) is 1.97. The molecule has 7 heteroatoms. The third-order valence-electron chi connectivity index (χ3n) is 5.35. The van der Waals surface area contributed by atoms with Gasteiger partial charge in [-0.15, -0.1) is 0 Å². The quantitative estimate of drug-likeness (QED) is 0.664. The first-order valence-corrected chi connectivity index (χ1v) is 10.5. The summed E-state index contributed by atoms with van der Waals surface area (Å²) < 4.78 is 1.56. The fourth-order valence-electron chi connectivity index (χ4n) is 3.66. The maximum Gasteiger partial charge on any atom is 0.261 e. The van der Waals surface area contributed by atoms with E-state index in [-0.39, 0.29) is 11.5 Å². The number of nitrogens with zero attached hydrogens (tertiary/aromatic N) is 4. The molecule has 1 aliphatic heterocycles.